The van der Waals surface area contributed by atoms with Crippen LogP contribution in [0.2, 0.25) is 0 Å². The van der Waals surface area contributed by atoms with Crippen LogP contribution in [0.5, 0.6) is 5.88 Å². The van der Waals surface area contributed by atoms with Crippen molar-refractivity contribution in [2.75, 3.05) is 7.11 Å². The fourth-order valence-electron chi connectivity index (χ4n) is 5.24. The van der Waals surface area contributed by atoms with Crippen LogP contribution in [-0.4, -0.2) is 34.0 Å². The van der Waals surface area contributed by atoms with Crippen LogP contribution >= 0.6 is 0 Å². The number of halogens is 4. The van der Waals surface area contributed by atoms with E-state index in [1.54, 1.807) is 53.1 Å². The minimum absolute atomic E-state index is 0.0186. The third-order valence-corrected chi connectivity index (χ3v) is 8.03. The molecule has 1 fully saturated rings. The summed E-state index contributed by atoms with van der Waals surface area (Å²) in [6, 6.07) is 20.2. The van der Waals surface area contributed by atoms with Gasteiger partial charge in [0.15, 0.2) is 0 Å². The average molecular weight is 615 g/mol. The van der Waals surface area contributed by atoms with Gasteiger partial charge in [-0.25, -0.2) is 32.3 Å². The van der Waals surface area contributed by atoms with Gasteiger partial charge in [-0.2, -0.15) is 5.26 Å². The van der Waals surface area contributed by atoms with E-state index in [9.17, 15) is 18.0 Å². The smallest absolute Gasteiger partial charge is 0.337 e. The monoisotopic (exact) mass is 614 g/mol. The Labute approximate surface area is 255 Å². The average Bonchev–Trinajstić information content (AvgIpc) is 3.76. The number of carbonyl (C=O) groups excluding carboxylic acids is 1. The van der Waals surface area contributed by atoms with Crippen molar-refractivity contribution in [1.82, 2.24) is 14.5 Å². The van der Waals surface area contributed by atoms with E-state index in [0.717, 1.165) is 6.07 Å². The predicted octanol–water partition coefficient (Wildman–Crippen LogP) is 7.25. The van der Waals surface area contributed by atoms with Gasteiger partial charge in [0.05, 0.1) is 41.0 Å². The zero-order chi connectivity index (χ0) is 31.7. The Hall–Kier alpha value is -5.24. The third kappa shape index (κ3) is 6.09. The summed E-state index contributed by atoms with van der Waals surface area (Å²) in [6.07, 6.45) is -1.60. The highest BCUT2D eigenvalue weighted by atomic mass is 19.3. The Bertz CT molecular complexity index is 1960. The maximum absolute atomic E-state index is 15.5. The first-order valence-electron chi connectivity index (χ1n) is 14.1. The molecule has 45 heavy (non-hydrogen) atoms. The molecular formula is C34H26F4N4O3. The number of aromatic nitrogens is 3. The van der Waals surface area contributed by atoms with Gasteiger partial charge >= 0.3 is 5.97 Å². The number of imidazole rings is 1. The Morgan fingerprint density at radius 1 is 1.02 bits per heavy atom. The number of fused-ring (bicyclic) bond motifs is 1. The van der Waals surface area contributed by atoms with Crippen molar-refractivity contribution >= 4 is 17.0 Å². The molecule has 0 aliphatic heterocycles. The highest BCUT2D eigenvalue weighted by Gasteiger charge is 2.51. The minimum Gasteiger partial charge on any atom is -0.473 e. The molecule has 0 bridgehead atoms. The maximum atomic E-state index is 15.5. The number of benzene rings is 3. The normalized spacial score (nSPS) is 13.5. The first-order valence-corrected chi connectivity index (χ1v) is 14.1. The van der Waals surface area contributed by atoms with E-state index in [4.69, 9.17) is 14.7 Å². The summed E-state index contributed by atoms with van der Waals surface area (Å²) >= 11 is 0. The number of esters is 1. The first-order chi connectivity index (χ1) is 21.7. The number of hydrogen-bond acceptors (Lipinski definition) is 6. The summed E-state index contributed by atoms with van der Waals surface area (Å²) in [4.78, 5) is 21.2. The Morgan fingerprint density at radius 2 is 1.84 bits per heavy atom. The van der Waals surface area contributed by atoms with Gasteiger partial charge in [-0.3, -0.25) is 0 Å². The molecule has 2 aromatic heterocycles. The molecule has 3 aromatic carbocycles. The molecule has 6 rings (SSSR count). The van der Waals surface area contributed by atoms with E-state index in [1.807, 2.05) is 6.07 Å². The van der Waals surface area contributed by atoms with Crippen LogP contribution < -0.4 is 4.74 Å². The van der Waals surface area contributed by atoms with Gasteiger partial charge in [-0.05, 0) is 66.9 Å². The molecule has 0 saturated heterocycles. The van der Waals surface area contributed by atoms with E-state index in [0.29, 0.717) is 41.0 Å². The number of methoxy groups -OCH3 is 1. The lowest BCUT2D eigenvalue weighted by atomic mass is 10.0. The summed E-state index contributed by atoms with van der Waals surface area (Å²) < 4.78 is 69.8. The SMILES string of the molecule is COC(=O)c1ccc2nc(Cc3ccc(-c4cccc(OCc5ccc(C#N)cc5F)n4)c(F)c3)n(CC3(C(F)F)CC3)c2c1. The Morgan fingerprint density at radius 3 is 2.53 bits per heavy atom. The van der Waals surface area contributed by atoms with Gasteiger partial charge in [-0.15, -0.1) is 0 Å². The predicted molar refractivity (Wildman–Crippen MR) is 157 cm³/mol. The van der Waals surface area contributed by atoms with Gasteiger partial charge in [0.25, 0.3) is 0 Å². The van der Waals surface area contributed by atoms with Crippen LogP contribution in [0.15, 0.2) is 72.8 Å². The van der Waals surface area contributed by atoms with Crippen molar-refractivity contribution in [3.63, 3.8) is 0 Å². The molecular weight excluding hydrogens is 588 g/mol. The lowest BCUT2D eigenvalue weighted by Gasteiger charge is -2.18. The number of ether oxygens (including phenoxy) is 2. The third-order valence-electron chi connectivity index (χ3n) is 8.03. The van der Waals surface area contributed by atoms with Crippen molar-refractivity contribution in [2.24, 2.45) is 5.41 Å². The lowest BCUT2D eigenvalue weighted by molar-refractivity contribution is 0.0514. The van der Waals surface area contributed by atoms with E-state index < -0.39 is 29.4 Å². The largest absolute Gasteiger partial charge is 0.473 e. The summed E-state index contributed by atoms with van der Waals surface area (Å²) in [5.41, 5.74) is 1.67. The number of nitriles is 1. The second kappa shape index (κ2) is 12.0. The molecule has 5 aromatic rings. The second-order valence-corrected chi connectivity index (χ2v) is 11.0. The molecule has 0 radical (unpaired) electrons. The molecule has 1 aliphatic carbocycles. The highest BCUT2D eigenvalue weighted by molar-refractivity contribution is 5.93. The fourth-order valence-corrected chi connectivity index (χ4v) is 5.24. The van der Waals surface area contributed by atoms with Crippen molar-refractivity contribution in [2.45, 2.75) is 38.8 Å². The topological polar surface area (TPSA) is 90.0 Å². The number of rotatable bonds is 10. The second-order valence-electron chi connectivity index (χ2n) is 11.0. The molecule has 1 aliphatic rings. The molecule has 2 heterocycles. The zero-order valence-corrected chi connectivity index (χ0v) is 24.1. The molecule has 0 atom stereocenters. The quantitative estimate of drug-likeness (QED) is 0.122. The molecule has 7 nitrogen and oxygen atoms in total. The van der Waals surface area contributed by atoms with Crippen molar-refractivity contribution in [3.05, 3.63) is 113 Å². The van der Waals surface area contributed by atoms with Crippen molar-refractivity contribution < 1.29 is 31.8 Å². The van der Waals surface area contributed by atoms with Gasteiger partial charge in [0.2, 0.25) is 12.3 Å². The van der Waals surface area contributed by atoms with Crippen LogP contribution in [0.1, 0.15) is 45.7 Å². The molecule has 0 amide bonds. The van der Waals surface area contributed by atoms with Crippen LogP contribution in [0.3, 0.4) is 0 Å². The number of pyridine rings is 1. The van der Waals surface area contributed by atoms with Crippen LogP contribution in [0.25, 0.3) is 22.3 Å². The first kappa shape index (κ1) is 29.8. The molecule has 0 unspecified atom stereocenters. The molecule has 0 N–H and O–H groups in total. The number of carbonyl (C=O) groups is 1. The van der Waals surface area contributed by atoms with E-state index in [2.05, 4.69) is 9.97 Å². The molecule has 1 saturated carbocycles. The minimum atomic E-state index is -2.52. The number of hydrogen-bond donors (Lipinski definition) is 0. The van der Waals surface area contributed by atoms with E-state index in [1.165, 1.54) is 25.3 Å². The summed E-state index contributed by atoms with van der Waals surface area (Å²) in [6.45, 7) is -0.116. The van der Waals surface area contributed by atoms with Gasteiger partial charge < -0.3 is 14.0 Å². The summed E-state index contributed by atoms with van der Waals surface area (Å²) in [5.74, 6) is -1.06. The van der Waals surface area contributed by atoms with Crippen LogP contribution in [0, 0.1) is 28.4 Å². The number of alkyl halides is 2. The van der Waals surface area contributed by atoms with Crippen molar-refractivity contribution in [3.8, 4) is 23.2 Å². The standard InChI is InChI=1S/C34H26F4N4O3/c1-44-32(43)22-8-10-28-29(16-22)42(19-34(11-12-34)33(37)38)30(40-28)15-20-6-9-24(26(36)13-20)27-3-2-4-31(41-27)45-18-23-7-5-21(17-39)14-25(23)35/h2-10,13-14,16,33H,11-12,15,18-19H2,1H3. The summed E-state index contributed by atoms with van der Waals surface area (Å²) in [7, 11) is 1.26. The van der Waals surface area contributed by atoms with Gasteiger partial charge in [0, 0.05) is 35.6 Å². The Kier molecular flexibility index (Phi) is 7.97. The van der Waals surface area contributed by atoms with Crippen molar-refractivity contribution in [1.29, 1.82) is 5.26 Å². The lowest BCUT2D eigenvalue weighted by Crippen LogP contribution is -2.21. The molecule has 0 spiro atoms. The Balaban J connectivity index is 1.25. The zero-order valence-electron chi connectivity index (χ0n) is 24.1. The van der Waals surface area contributed by atoms with Gasteiger partial charge in [0.1, 0.15) is 24.1 Å². The van der Waals surface area contributed by atoms with Gasteiger partial charge in [-0.1, -0.05) is 18.2 Å². The molecule has 228 valence electrons. The summed E-state index contributed by atoms with van der Waals surface area (Å²) in [5, 5.41) is 8.92. The van der Waals surface area contributed by atoms with Crippen LogP contribution in [-0.2, 0) is 24.3 Å². The number of nitrogens with zero attached hydrogens (tertiary/aromatic N) is 4. The van der Waals surface area contributed by atoms with E-state index in [-0.39, 0.29) is 47.7 Å². The fraction of sp³-hybridized carbons (Fsp3) is 0.235. The maximum Gasteiger partial charge on any atom is 0.337 e. The molecule has 11 heteroatoms. The van der Waals surface area contributed by atoms with E-state index >= 15 is 4.39 Å². The highest BCUT2D eigenvalue weighted by Crippen LogP contribution is 2.52. The van der Waals surface area contributed by atoms with Crippen LogP contribution in [0.4, 0.5) is 17.6 Å².